The molecule has 0 amide bonds. The molecular formula is C25H25Cl2NO2. The zero-order chi connectivity index (χ0) is 20.8. The molecule has 1 saturated heterocycles. The lowest BCUT2D eigenvalue weighted by atomic mass is 9.82. The van der Waals surface area contributed by atoms with Crippen LogP contribution in [-0.4, -0.2) is 19.2 Å². The Morgan fingerprint density at radius 3 is 2.13 bits per heavy atom. The van der Waals surface area contributed by atoms with Crippen molar-refractivity contribution < 1.29 is 9.47 Å². The Morgan fingerprint density at radius 2 is 1.43 bits per heavy atom. The summed E-state index contributed by atoms with van der Waals surface area (Å²) in [7, 11) is 0. The first-order valence-corrected chi connectivity index (χ1v) is 10.9. The molecule has 3 nitrogen and oxygen atoms in total. The second-order valence-corrected chi connectivity index (χ2v) is 8.42. The summed E-state index contributed by atoms with van der Waals surface area (Å²) in [5.74, 6) is 0. The van der Waals surface area contributed by atoms with Gasteiger partial charge in [-0.25, -0.2) is 0 Å². The zero-order valence-corrected chi connectivity index (χ0v) is 18.2. The molecule has 4 rings (SSSR count). The van der Waals surface area contributed by atoms with E-state index in [-0.39, 0.29) is 6.10 Å². The van der Waals surface area contributed by atoms with E-state index in [1.54, 1.807) is 0 Å². The van der Waals surface area contributed by atoms with Gasteiger partial charge in [0.15, 0.2) is 0 Å². The molecule has 2 unspecified atom stereocenters. The fourth-order valence-electron chi connectivity index (χ4n) is 3.90. The number of nitrogens with one attached hydrogen (secondary N) is 1. The van der Waals surface area contributed by atoms with Gasteiger partial charge in [0, 0.05) is 16.6 Å². The van der Waals surface area contributed by atoms with E-state index in [2.05, 4.69) is 29.6 Å². The number of ether oxygens (including phenoxy) is 2. The average molecular weight is 442 g/mol. The Bertz CT molecular complexity index is 932. The summed E-state index contributed by atoms with van der Waals surface area (Å²) in [6, 6.07) is 26.0. The predicted molar refractivity (Wildman–Crippen MR) is 122 cm³/mol. The van der Waals surface area contributed by atoms with Gasteiger partial charge in [-0.2, -0.15) is 0 Å². The standard InChI is InChI=1S/C25H25Cl2NO2/c26-22-10-6-20(7-11-22)17-29-24-16-28-15-14-25(24,21-8-12-23(27)13-9-21)30-18-19-4-2-1-3-5-19/h1-13,24,28H,14-18H2. The van der Waals surface area contributed by atoms with E-state index in [1.165, 1.54) is 0 Å². The summed E-state index contributed by atoms with van der Waals surface area (Å²) in [5, 5.41) is 4.90. The van der Waals surface area contributed by atoms with Crippen molar-refractivity contribution in [1.29, 1.82) is 0 Å². The van der Waals surface area contributed by atoms with E-state index < -0.39 is 5.60 Å². The number of halogens is 2. The number of piperidine rings is 1. The fraction of sp³-hybridized carbons (Fsp3) is 0.280. The summed E-state index contributed by atoms with van der Waals surface area (Å²) in [4.78, 5) is 0. The molecule has 2 atom stereocenters. The van der Waals surface area contributed by atoms with Gasteiger partial charge in [0.25, 0.3) is 0 Å². The van der Waals surface area contributed by atoms with E-state index in [9.17, 15) is 0 Å². The molecule has 30 heavy (non-hydrogen) atoms. The van der Waals surface area contributed by atoms with Crippen LogP contribution in [0.5, 0.6) is 0 Å². The molecule has 0 saturated carbocycles. The van der Waals surface area contributed by atoms with Gasteiger partial charge < -0.3 is 14.8 Å². The first-order chi connectivity index (χ1) is 14.7. The Hall–Kier alpha value is -1.88. The van der Waals surface area contributed by atoms with Gasteiger partial charge >= 0.3 is 0 Å². The highest BCUT2D eigenvalue weighted by atomic mass is 35.5. The molecular weight excluding hydrogens is 417 g/mol. The summed E-state index contributed by atoms with van der Waals surface area (Å²) < 4.78 is 13.1. The maximum atomic E-state index is 6.67. The summed E-state index contributed by atoms with van der Waals surface area (Å²) in [6.45, 7) is 2.58. The molecule has 1 N–H and O–H groups in total. The van der Waals surface area contributed by atoms with Crippen LogP contribution in [0.4, 0.5) is 0 Å². The molecule has 1 heterocycles. The first kappa shape index (κ1) is 21.4. The number of hydrogen-bond donors (Lipinski definition) is 1. The van der Waals surface area contributed by atoms with E-state index in [0.29, 0.717) is 24.8 Å². The molecule has 0 spiro atoms. The lowest BCUT2D eigenvalue weighted by molar-refractivity contribution is -0.176. The van der Waals surface area contributed by atoms with E-state index >= 15 is 0 Å². The molecule has 0 aromatic heterocycles. The number of rotatable bonds is 7. The van der Waals surface area contributed by atoms with Gasteiger partial charge in [-0.1, -0.05) is 77.8 Å². The minimum absolute atomic E-state index is 0.146. The van der Waals surface area contributed by atoms with Gasteiger partial charge in [0.05, 0.1) is 13.2 Å². The molecule has 156 valence electrons. The molecule has 1 aliphatic rings. The zero-order valence-electron chi connectivity index (χ0n) is 16.7. The maximum absolute atomic E-state index is 6.67. The third-order valence-electron chi connectivity index (χ3n) is 5.56. The third kappa shape index (κ3) is 5.05. The largest absolute Gasteiger partial charge is 0.369 e. The SMILES string of the molecule is Clc1ccc(COC2CNCCC2(OCc2ccccc2)c2ccc(Cl)cc2)cc1. The van der Waals surface area contributed by atoms with Crippen LogP contribution in [0.1, 0.15) is 23.1 Å². The van der Waals surface area contributed by atoms with E-state index in [0.717, 1.165) is 34.7 Å². The van der Waals surface area contributed by atoms with Gasteiger partial charge in [-0.15, -0.1) is 0 Å². The van der Waals surface area contributed by atoms with Crippen molar-refractivity contribution in [3.05, 3.63) is 106 Å². The van der Waals surface area contributed by atoms with Crippen molar-refractivity contribution >= 4 is 23.2 Å². The maximum Gasteiger partial charge on any atom is 0.122 e. The number of benzene rings is 3. The van der Waals surface area contributed by atoms with E-state index in [4.69, 9.17) is 32.7 Å². The highest BCUT2D eigenvalue weighted by molar-refractivity contribution is 6.30. The smallest absolute Gasteiger partial charge is 0.122 e. The highest BCUT2D eigenvalue weighted by Gasteiger charge is 2.44. The van der Waals surface area contributed by atoms with Crippen LogP contribution in [0.2, 0.25) is 10.0 Å². The first-order valence-electron chi connectivity index (χ1n) is 10.2. The molecule has 3 aromatic carbocycles. The van der Waals surface area contributed by atoms with Crippen LogP contribution >= 0.6 is 23.2 Å². The second kappa shape index (κ2) is 9.95. The Balaban J connectivity index is 1.60. The normalized spacial score (nSPS) is 21.5. The van der Waals surface area contributed by atoms with Gasteiger partial charge in [-0.05, 0) is 53.9 Å². The van der Waals surface area contributed by atoms with Crippen molar-refractivity contribution in [3.63, 3.8) is 0 Å². The predicted octanol–water partition coefficient (Wildman–Crippen LogP) is 5.98. The Morgan fingerprint density at radius 1 is 0.800 bits per heavy atom. The minimum atomic E-state index is -0.557. The molecule has 5 heteroatoms. The fourth-order valence-corrected chi connectivity index (χ4v) is 4.15. The molecule has 1 fully saturated rings. The number of hydrogen-bond acceptors (Lipinski definition) is 3. The highest BCUT2D eigenvalue weighted by Crippen LogP contribution is 2.38. The molecule has 0 radical (unpaired) electrons. The molecule has 0 aliphatic carbocycles. The quantitative estimate of drug-likeness (QED) is 0.488. The van der Waals surface area contributed by atoms with Gasteiger partial charge in [0.2, 0.25) is 0 Å². The van der Waals surface area contributed by atoms with Gasteiger partial charge in [-0.3, -0.25) is 0 Å². The summed E-state index contributed by atoms with van der Waals surface area (Å²) >= 11 is 12.2. The van der Waals surface area contributed by atoms with Crippen LogP contribution in [-0.2, 0) is 28.3 Å². The lowest BCUT2D eigenvalue weighted by Gasteiger charge is -2.44. The summed E-state index contributed by atoms with van der Waals surface area (Å²) in [5.41, 5.74) is 2.75. The summed E-state index contributed by atoms with van der Waals surface area (Å²) in [6.07, 6.45) is 0.666. The molecule has 1 aliphatic heterocycles. The van der Waals surface area contributed by atoms with Crippen molar-refractivity contribution in [3.8, 4) is 0 Å². The van der Waals surface area contributed by atoms with Crippen LogP contribution in [0.3, 0.4) is 0 Å². The minimum Gasteiger partial charge on any atom is -0.369 e. The van der Waals surface area contributed by atoms with Crippen molar-refractivity contribution in [1.82, 2.24) is 5.32 Å². The Kier molecular flexibility index (Phi) is 7.08. The van der Waals surface area contributed by atoms with Crippen LogP contribution < -0.4 is 5.32 Å². The van der Waals surface area contributed by atoms with E-state index in [1.807, 2.05) is 54.6 Å². The van der Waals surface area contributed by atoms with Crippen LogP contribution in [0.15, 0.2) is 78.9 Å². The second-order valence-electron chi connectivity index (χ2n) is 7.55. The average Bonchev–Trinajstić information content (AvgIpc) is 2.79. The molecule has 0 bridgehead atoms. The van der Waals surface area contributed by atoms with Crippen molar-refractivity contribution in [2.45, 2.75) is 31.3 Å². The molecule has 3 aromatic rings. The van der Waals surface area contributed by atoms with Gasteiger partial charge in [0.1, 0.15) is 11.7 Å². The van der Waals surface area contributed by atoms with Crippen molar-refractivity contribution in [2.75, 3.05) is 13.1 Å². The topological polar surface area (TPSA) is 30.5 Å². The lowest BCUT2D eigenvalue weighted by Crippen LogP contribution is -2.54. The monoisotopic (exact) mass is 441 g/mol. The van der Waals surface area contributed by atoms with Crippen LogP contribution in [0.25, 0.3) is 0 Å². The third-order valence-corrected chi connectivity index (χ3v) is 6.06. The Labute approximate surface area is 187 Å². The van der Waals surface area contributed by atoms with Crippen LogP contribution in [0, 0.1) is 0 Å². The van der Waals surface area contributed by atoms with Crippen molar-refractivity contribution in [2.24, 2.45) is 0 Å².